The van der Waals surface area contributed by atoms with E-state index < -0.39 is 0 Å². The van der Waals surface area contributed by atoms with E-state index in [-0.39, 0.29) is 12.1 Å². The van der Waals surface area contributed by atoms with Crippen LogP contribution in [0.1, 0.15) is 44.8 Å². The number of unbranched alkanes of at least 4 members (excludes halogenated alkanes) is 1. The summed E-state index contributed by atoms with van der Waals surface area (Å²) in [6, 6.07) is 7.82. The predicted octanol–water partition coefficient (Wildman–Crippen LogP) is 3.31. The maximum Gasteiger partial charge on any atom is 0.124 e. The lowest BCUT2D eigenvalue weighted by atomic mass is 10.00. The van der Waals surface area contributed by atoms with E-state index in [1.54, 1.807) is 7.11 Å². The van der Waals surface area contributed by atoms with E-state index in [2.05, 4.69) is 13.8 Å². The van der Waals surface area contributed by atoms with Crippen LogP contribution in [0.4, 0.5) is 0 Å². The molecule has 0 amide bonds. The monoisotopic (exact) mass is 295 g/mol. The van der Waals surface area contributed by atoms with Crippen molar-refractivity contribution < 1.29 is 14.2 Å². The minimum atomic E-state index is -0.166. The Kier molecular flexibility index (Phi) is 9.06. The molecular weight excluding hydrogens is 266 g/mol. The Bertz CT molecular complexity index is 384. The fourth-order valence-electron chi connectivity index (χ4n) is 2.14. The molecule has 0 saturated heterocycles. The summed E-state index contributed by atoms with van der Waals surface area (Å²) in [7, 11) is 1.67. The van der Waals surface area contributed by atoms with E-state index in [9.17, 15) is 0 Å². The van der Waals surface area contributed by atoms with Gasteiger partial charge in [-0.05, 0) is 18.9 Å². The fraction of sp³-hybridized carbons (Fsp3) is 0.647. The normalized spacial score (nSPS) is 13.9. The second kappa shape index (κ2) is 10.6. The van der Waals surface area contributed by atoms with Gasteiger partial charge in [-0.3, -0.25) is 0 Å². The Morgan fingerprint density at radius 2 is 1.86 bits per heavy atom. The lowest BCUT2D eigenvalue weighted by Crippen LogP contribution is -2.30. The summed E-state index contributed by atoms with van der Waals surface area (Å²) >= 11 is 0. The first-order valence-corrected chi connectivity index (χ1v) is 7.82. The first-order valence-electron chi connectivity index (χ1n) is 7.82. The van der Waals surface area contributed by atoms with Crippen molar-refractivity contribution in [2.45, 2.75) is 45.3 Å². The number of hydrogen-bond donors (Lipinski definition) is 1. The SMILES string of the molecule is CCCCOCCOC(c1ccccc1OC)C(N)CC. The topological polar surface area (TPSA) is 53.7 Å². The molecule has 0 bridgehead atoms. The van der Waals surface area contributed by atoms with Gasteiger partial charge in [0.25, 0.3) is 0 Å². The van der Waals surface area contributed by atoms with Gasteiger partial charge in [-0.2, -0.15) is 0 Å². The summed E-state index contributed by atoms with van der Waals surface area (Å²) in [4.78, 5) is 0. The fourth-order valence-corrected chi connectivity index (χ4v) is 2.14. The molecule has 21 heavy (non-hydrogen) atoms. The molecule has 120 valence electrons. The summed E-state index contributed by atoms with van der Waals surface area (Å²) in [6.45, 7) is 6.15. The third-order valence-corrected chi connectivity index (χ3v) is 3.47. The van der Waals surface area contributed by atoms with Crippen LogP contribution in [-0.4, -0.2) is 33.0 Å². The second-order valence-electron chi connectivity index (χ2n) is 5.07. The molecule has 0 aliphatic carbocycles. The van der Waals surface area contributed by atoms with Gasteiger partial charge in [-0.15, -0.1) is 0 Å². The first kappa shape index (κ1) is 18.0. The van der Waals surface area contributed by atoms with Crippen molar-refractivity contribution >= 4 is 0 Å². The molecule has 1 rings (SSSR count). The van der Waals surface area contributed by atoms with Gasteiger partial charge in [-0.25, -0.2) is 0 Å². The highest BCUT2D eigenvalue weighted by Gasteiger charge is 2.22. The number of para-hydroxylation sites is 1. The molecule has 2 N–H and O–H groups in total. The lowest BCUT2D eigenvalue weighted by molar-refractivity contribution is -0.00910. The highest BCUT2D eigenvalue weighted by molar-refractivity contribution is 5.35. The second-order valence-corrected chi connectivity index (χ2v) is 5.07. The predicted molar refractivity (Wildman–Crippen MR) is 85.7 cm³/mol. The zero-order valence-electron chi connectivity index (χ0n) is 13.5. The van der Waals surface area contributed by atoms with Crippen molar-refractivity contribution in [2.24, 2.45) is 5.73 Å². The standard InChI is InChI=1S/C17H29NO3/c1-4-6-11-20-12-13-21-17(15(18)5-2)14-9-7-8-10-16(14)19-3/h7-10,15,17H,4-6,11-13,18H2,1-3H3. The smallest absolute Gasteiger partial charge is 0.124 e. The molecule has 2 atom stereocenters. The Morgan fingerprint density at radius 1 is 1.10 bits per heavy atom. The molecule has 0 spiro atoms. The minimum absolute atomic E-state index is 0.0584. The van der Waals surface area contributed by atoms with Gasteiger partial charge < -0.3 is 19.9 Å². The van der Waals surface area contributed by atoms with Crippen molar-refractivity contribution in [2.75, 3.05) is 26.9 Å². The van der Waals surface area contributed by atoms with Crippen LogP contribution < -0.4 is 10.5 Å². The molecule has 0 aliphatic heterocycles. The number of benzene rings is 1. The first-order chi connectivity index (χ1) is 10.2. The molecule has 4 heteroatoms. The Hall–Kier alpha value is -1.10. The van der Waals surface area contributed by atoms with Crippen LogP contribution in [0.25, 0.3) is 0 Å². The molecule has 2 unspecified atom stereocenters. The van der Waals surface area contributed by atoms with Gasteiger partial charge in [-0.1, -0.05) is 38.5 Å². The maximum atomic E-state index is 6.21. The summed E-state index contributed by atoms with van der Waals surface area (Å²) < 4.78 is 16.9. The summed E-state index contributed by atoms with van der Waals surface area (Å²) in [6.07, 6.45) is 2.91. The lowest BCUT2D eigenvalue weighted by Gasteiger charge is -2.25. The van der Waals surface area contributed by atoms with Crippen LogP contribution >= 0.6 is 0 Å². The quantitative estimate of drug-likeness (QED) is 0.636. The molecule has 4 nitrogen and oxygen atoms in total. The third kappa shape index (κ3) is 6.04. The summed E-state index contributed by atoms with van der Waals surface area (Å²) in [5.41, 5.74) is 7.22. The number of nitrogens with two attached hydrogens (primary N) is 1. The van der Waals surface area contributed by atoms with Crippen LogP contribution in [0.3, 0.4) is 0 Å². The Morgan fingerprint density at radius 3 is 2.52 bits per heavy atom. The van der Waals surface area contributed by atoms with E-state index in [1.165, 1.54) is 0 Å². The molecule has 0 aliphatic rings. The van der Waals surface area contributed by atoms with Crippen LogP contribution in [0, 0.1) is 0 Å². The van der Waals surface area contributed by atoms with Gasteiger partial charge >= 0.3 is 0 Å². The highest BCUT2D eigenvalue weighted by atomic mass is 16.5. The average molecular weight is 295 g/mol. The van der Waals surface area contributed by atoms with Crippen molar-refractivity contribution in [1.82, 2.24) is 0 Å². The maximum absolute atomic E-state index is 6.21. The largest absolute Gasteiger partial charge is 0.496 e. The zero-order chi connectivity index (χ0) is 15.5. The van der Waals surface area contributed by atoms with Gasteiger partial charge in [0, 0.05) is 18.2 Å². The van der Waals surface area contributed by atoms with E-state index in [1.807, 2.05) is 24.3 Å². The Labute approximate surface area is 128 Å². The van der Waals surface area contributed by atoms with Gasteiger partial charge in [0.05, 0.1) is 20.3 Å². The van der Waals surface area contributed by atoms with Crippen molar-refractivity contribution in [3.63, 3.8) is 0 Å². The molecule has 0 heterocycles. The van der Waals surface area contributed by atoms with Gasteiger partial charge in [0.2, 0.25) is 0 Å². The van der Waals surface area contributed by atoms with E-state index in [0.717, 1.165) is 37.2 Å². The van der Waals surface area contributed by atoms with Gasteiger partial charge in [0.15, 0.2) is 0 Å². The Balaban J connectivity index is 2.60. The average Bonchev–Trinajstić information content (AvgIpc) is 2.53. The summed E-state index contributed by atoms with van der Waals surface area (Å²) in [5.74, 6) is 0.818. The van der Waals surface area contributed by atoms with Crippen LogP contribution in [0.15, 0.2) is 24.3 Å². The van der Waals surface area contributed by atoms with E-state index in [0.29, 0.717) is 13.2 Å². The molecule has 0 fully saturated rings. The minimum Gasteiger partial charge on any atom is -0.496 e. The molecule has 0 saturated carbocycles. The molecule has 1 aromatic carbocycles. The number of hydrogen-bond acceptors (Lipinski definition) is 4. The van der Waals surface area contributed by atoms with E-state index in [4.69, 9.17) is 19.9 Å². The number of rotatable bonds is 11. The van der Waals surface area contributed by atoms with Crippen LogP contribution in [0.5, 0.6) is 5.75 Å². The van der Waals surface area contributed by atoms with Crippen molar-refractivity contribution in [3.8, 4) is 5.75 Å². The van der Waals surface area contributed by atoms with Gasteiger partial charge in [0.1, 0.15) is 11.9 Å². The van der Waals surface area contributed by atoms with Crippen LogP contribution in [0.2, 0.25) is 0 Å². The van der Waals surface area contributed by atoms with Crippen molar-refractivity contribution in [3.05, 3.63) is 29.8 Å². The molecular formula is C17H29NO3. The summed E-state index contributed by atoms with van der Waals surface area (Å²) in [5, 5.41) is 0. The highest BCUT2D eigenvalue weighted by Crippen LogP contribution is 2.30. The molecule has 1 aromatic rings. The zero-order valence-corrected chi connectivity index (χ0v) is 13.5. The molecule has 0 radical (unpaired) electrons. The molecule has 0 aromatic heterocycles. The van der Waals surface area contributed by atoms with Crippen molar-refractivity contribution in [1.29, 1.82) is 0 Å². The number of ether oxygens (including phenoxy) is 3. The van der Waals surface area contributed by atoms with Crippen LogP contribution in [-0.2, 0) is 9.47 Å². The van der Waals surface area contributed by atoms with E-state index >= 15 is 0 Å². The third-order valence-electron chi connectivity index (χ3n) is 3.47. The number of methoxy groups -OCH3 is 1.